The molecule has 3 rings (SSSR count). The number of rotatable bonds is 0. The Morgan fingerprint density at radius 1 is 1.07 bits per heavy atom. The summed E-state index contributed by atoms with van der Waals surface area (Å²) >= 11 is 0. The topological polar surface area (TPSA) is 9.23 Å². The maximum atomic E-state index is 12.7. The van der Waals surface area contributed by atoms with Gasteiger partial charge in [-0.15, -0.1) is 0 Å². The average molecular weight is 212 g/mol. The Labute approximate surface area is 84.2 Å². The Balaban J connectivity index is 2.22. The van der Waals surface area contributed by atoms with Gasteiger partial charge >= 0.3 is 6.18 Å². The molecule has 2 bridgehead atoms. The van der Waals surface area contributed by atoms with Crippen LogP contribution in [0.15, 0.2) is 30.4 Å². The average Bonchev–Trinajstić information content (AvgIpc) is 2.76. The first-order chi connectivity index (χ1) is 7.07. The molecule has 0 unspecified atom stereocenters. The van der Waals surface area contributed by atoms with E-state index in [0.29, 0.717) is 5.56 Å². The summed E-state index contributed by atoms with van der Waals surface area (Å²) in [6, 6.07) is 4.23. The van der Waals surface area contributed by atoms with Gasteiger partial charge in [0.2, 0.25) is 0 Å². The van der Waals surface area contributed by atoms with Crippen LogP contribution in [0.1, 0.15) is 28.9 Å². The lowest BCUT2D eigenvalue weighted by atomic mass is 9.92. The summed E-state index contributed by atoms with van der Waals surface area (Å²) in [4.78, 5) is 0. The van der Waals surface area contributed by atoms with Gasteiger partial charge in [-0.25, -0.2) is 0 Å². The molecular formula is C11H7F3O. The summed E-state index contributed by atoms with van der Waals surface area (Å²) in [6.07, 6.45) is -1.61. The first-order valence-corrected chi connectivity index (χ1v) is 4.61. The van der Waals surface area contributed by atoms with Gasteiger partial charge < -0.3 is 4.74 Å². The van der Waals surface area contributed by atoms with E-state index in [0.717, 1.165) is 6.07 Å². The van der Waals surface area contributed by atoms with Crippen LogP contribution in [-0.2, 0) is 10.9 Å². The van der Waals surface area contributed by atoms with Gasteiger partial charge in [0, 0.05) is 5.56 Å². The Morgan fingerprint density at radius 3 is 2.53 bits per heavy atom. The summed E-state index contributed by atoms with van der Waals surface area (Å²) in [7, 11) is 0. The Morgan fingerprint density at radius 2 is 1.80 bits per heavy atom. The highest BCUT2D eigenvalue weighted by Crippen LogP contribution is 2.50. The summed E-state index contributed by atoms with van der Waals surface area (Å²) in [5.41, 5.74) is 0.367. The molecule has 0 aromatic heterocycles. The van der Waals surface area contributed by atoms with Crippen molar-refractivity contribution in [1.29, 1.82) is 0 Å². The van der Waals surface area contributed by atoms with Crippen molar-refractivity contribution in [2.24, 2.45) is 0 Å². The Hall–Kier alpha value is -1.29. The maximum absolute atomic E-state index is 12.7. The summed E-state index contributed by atoms with van der Waals surface area (Å²) in [6.45, 7) is 0. The van der Waals surface area contributed by atoms with E-state index in [1.807, 2.05) is 0 Å². The van der Waals surface area contributed by atoms with Gasteiger partial charge in [-0.05, 0) is 11.6 Å². The highest BCUT2D eigenvalue weighted by atomic mass is 19.4. The molecule has 2 heterocycles. The predicted molar refractivity (Wildman–Crippen MR) is 47.2 cm³/mol. The molecule has 15 heavy (non-hydrogen) atoms. The number of fused-ring (bicyclic) bond motifs is 5. The zero-order valence-corrected chi connectivity index (χ0v) is 7.58. The monoisotopic (exact) mass is 212 g/mol. The van der Waals surface area contributed by atoms with Gasteiger partial charge in [0.15, 0.2) is 0 Å². The minimum Gasteiger partial charge on any atom is -0.357 e. The SMILES string of the molecule is FC(F)(F)c1cccc2c1[C@@H]1C=C[C@H]2O1. The Bertz CT molecular complexity index is 448. The lowest BCUT2D eigenvalue weighted by Crippen LogP contribution is -2.11. The van der Waals surface area contributed by atoms with Crippen molar-refractivity contribution in [3.05, 3.63) is 47.0 Å². The third-order valence-corrected chi connectivity index (χ3v) is 2.79. The number of hydrogen-bond acceptors (Lipinski definition) is 1. The van der Waals surface area contributed by atoms with Gasteiger partial charge in [0.1, 0.15) is 12.2 Å². The van der Waals surface area contributed by atoms with E-state index in [1.165, 1.54) is 6.07 Å². The second-order valence-corrected chi connectivity index (χ2v) is 3.67. The van der Waals surface area contributed by atoms with Crippen LogP contribution in [0.4, 0.5) is 13.2 Å². The zero-order valence-electron chi connectivity index (χ0n) is 7.58. The number of benzene rings is 1. The lowest BCUT2D eigenvalue weighted by Gasteiger charge is -2.15. The largest absolute Gasteiger partial charge is 0.416 e. The molecule has 2 atom stereocenters. The number of alkyl halides is 3. The van der Waals surface area contributed by atoms with Gasteiger partial charge in [0.25, 0.3) is 0 Å². The van der Waals surface area contributed by atoms with E-state index in [4.69, 9.17) is 4.74 Å². The summed E-state index contributed by atoms with van der Waals surface area (Å²) in [5, 5.41) is 0. The molecule has 0 aliphatic carbocycles. The fourth-order valence-corrected chi connectivity index (χ4v) is 2.19. The van der Waals surface area contributed by atoms with Crippen molar-refractivity contribution in [2.75, 3.05) is 0 Å². The predicted octanol–water partition coefficient (Wildman–Crippen LogP) is 3.39. The highest BCUT2D eigenvalue weighted by molar-refractivity contribution is 5.48. The van der Waals surface area contributed by atoms with Crippen molar-refractivity contribution < 1.29 is 17.9 Å². The maximum Gasteiger partial charge on any atom is 0.416 e. The lowest BCUT2D eigenvalue weighted by molar-refractivity contribution is -0.138. The molecule has 1 aromatic rings. The van der Waals surface area contributed by atoms with Gasteiger partial charge in [-0.1, -0.05) is 24.3 Å². The van der Waals surface area contributed by atoms with Crippen LogP contribution >= 0.6 is 0 Å². The van der Waals surface area contributed by atoms with Gasteiger partial charge in [0.05, 0.1) is 5.56 Å². The normalized spacial score (nSPS) is 27.1. The quantitative estimate of drug-likeness (QED) is 0.599. The molecule has 4 heteroatoms. The van der Waals surface area contributed by atoms with Crippen molar-refractivity contribution >= 4 is 0 Å². The molecule has 0 radical (unpaired) electrons. The third kappa shape index (κ3) is 1.14. The van der Waals surface area contributed by atoms with Gasteiger partial charge in [-0.2, -0.15) is 13.2 Å². The van der Waals surface area contributed by atoms with Crippen molar-refractivity contribution in [1.82, 2.24) is 0 Å². The van der Waals surface area contributed by atoms with Crippen LogP contribution in [0.5, 0.6) is 0 Å². The van der Waals surface area contributed by atoms with E-state index in [-0.39, 0.29) is 11.7 Å². The van der Waals surface area contributed by atoms with E-state index in [2.05, 4.69) is 0 Å². The van der Waals surface area contributed by atoms with Crippen LogP contribution in [0.25, 0.3) is 0 Å². The molecule has 0 N–H and O–H groups in total. The van der Waals surface area contributed by atoms with E-state index < -0.39 is 17.8 Å². The van der Waals surface area contributed by atoms with Crippen molar-refractivity contribution in [3.8, 4) is 0 Å². The fourth-order valence-electron chi connectivity index (χ4n) is 2.19. The zero-order chi connectivity index (χ0) is 10.6. The molecule has 2 aliphatic heterocycles. The highest BCUT2D eigenvalue weighted by Gasteiger charge is 2.42. The van der Waals surface area contributed by atoms with Gasteiger partial charge in [-0.3, -0.25) is 0 Å². The first kappa shape index (κ1) is 8.97. The first-order valence-electron chi connectivity index (χ1n) is 4.61. The standard InChI is InChI=1S/C11H7F3O/c12-11(13,14)7-3-1-2-6-8-4-5-9(15-8)10(6)7/h1-5,8-9H/t8-,9+/m1/s1. The van der Waals surface area contributed by atoms with Crippen LogP contribution in [0, 0.1) is 0 Å². The van der Waals surface area contributed by atoms with Crippen LogP contribution in [0.2, 0.25) is 0 Å². The van der Waals surface area contributed by atoms with Crippen LogP contribution < -0.4 is 0 Å². The molecule has 1 aromatic carbocycles. The fraction of sp³-hybridized carbons (Fsp3) is 0.273. The van der Waals surface area contributed by atoms with E-state index >= 15 is 0 Å². The molecule has 1 nitrogen and oxygen atoms in total. The summed E-state index contributed by atoms with van der Waals surface area (Å²) < 4.78 is 43.4. The molecular weight excluding hydrogens is 205 g/mol. The Kier molecular flexibility index (Phi) is 1.58. The number of halogens is 3. The molecule has 0 amide bonds. The molecule has 0 spiro atoms. The van der Waals surface area contributed by atoms with Crippen LogP contribution in [-0.4, -0.2) is 0 Å². The van der Waals surface area contributed by atoms with Crippen LogP contribution in [0.3, 0.4) is 0 Å². The number of ether oxygens (including phenoxy) is 1. The minimum atomic E-state index is -4.30. The number of hydrogen-bond donors (Lipinski definition) is 0. The minimum absolute atomic E-state index is 0.285. The second-order valence-electron chi connectivity index (χ2n) is 3.67. The van der Waals surface area contributed by atoms with Crippen molar-refractivity contribution in [3.63, 3.8) is 0 Å². The van der Waals surface area contributed by atoms with E-state index in [9.17, 15) is 13.2 Å². The molecule has 0 saturated heterocycles. The van der Waals surface area contributed by atoms with E-state index in [1.54, 1.807) is 18.2 Å². The third-order valence-electron chi connectivity index (χ3n) is 2.79. The smallest absolute Gasteiger partial charge is 0.357 e. The van der Waals surface area contributed by atoms with Crippen molar-refractivity contribution in [2.45, 2.75) is 18.4 Å². The molecule has 78 valence electrons. The molecule has 0 saturated carbocycles. The summed E-state index contributed by atoms with van der Waals surface area (Å²) in [5.74, 6) is 0. The molecule has 2 aliphatic rings. The second kappa shape index (κ2) is 2.64. The molecule has 0 fully saturated rings.